The third-order valence-corrected chi connectivity index (χ3v) is 3.42. The number of hydrogen-bond acceptors (Lipinski definition) is 2. The molecule has 0 bridgehead atoms. The van der Waals surface area contributed by atoms with E-state index >= 15 is 0 Å². The first-order valence-electron chi connectivity index (χ1n) is 7.22. The molecule has 0 saturated heterocycles. The third-order valence-electron chi connectivity index (χ3n) is 3.42. The zero-order valence-corrected chi connectivity index (χ0v) is 12.7. The van der Waals surface area contributed by atoms with E-state index in [0.29, 0.717) is 13.0 Å². The van der Waals surface area contributed by atoms with Crippen molar-refractivity contribution in [2.45, 2.75) is 19.4 Å². The SMILES string of the molecule is CN(C)N(Cc1ccccc1)C(=O)CCc1ccccc1. The molecule has 0 aliphatic heterocycles. The molecular weight excluding hydrogens is 260 g/mol. The van der Waals surface area contributed by atoms with Crippen LogP contribution in [0, 0.1) is 0 Å². The van der Waals surface area contributed by atoms with Crippen LogP contribution in [0.15, 0.2) is 60.7 Å². The van der Waals surface area contributed by atoms with E-state index in [1.807, 2.05) is 67.6 Å². The van der Waals surface area contributed by atoms with Gasteiger partial charge in [-0.15, -0.1) is 0 Å². The highest BCUT2D eigenvalue weighted by Crippen LogP contribution is 2.10. The largest absolute Gasteiger partial charge is 0.273 e. The van der Waals surface area contributed by atoms with Crippen molar-refractivity contribution in [3.05, 3.63) is 71.8 Å². The molecule has 3 nitrogen and oxygen atoms in total. The zero-order valence-electron chi connectivity index (χ0n) is 12.7. The summed E-state index contributed by atoms with van der Waals surface area (Å²) in [5.74, 6) is 0.146. The van der Waals surface area contributed by atoms with Crippen molar-refractivity contribution < 1.29 is 4.79 Å². The number of aryl methyl sites for hydroxylation is 1. The van der Waals surface area contributed by atoms with Gasteiger partial charge < -0.3 is 0 Å². The summed E-state index contributed by atoms with van der Waals surface area (Å²) in [6.45, 7) is 0.613. The molecule has 2 aromatic rings. The maximum absolute atomic E-state index is 12.4. The highest BCUT2D eigenvalue weighted by Gasteiger charge is 2.15. The van der Waals surface area contributed by atoms with Gasteiger partial charge >= 0.3 is 0 Å². The van der Waals surface area contributed by atoms with Crippen LogP contribution >= 0.6 is 0 Å². The summed E-state index contributed by atoms with van der Waals surface area (Å²) < 4.78 is 0. The first-order chi connectivity index (χ1) is 10.2. The van der Waals surface area contributed by atoms with E-state index in [-0.39, 0.29) is 5.91 Å². The summed E-state index contributed by atoms with van der Waals surface area (Å²) in [6, 6.07) is 20.2. The predicted molar refractivity (Wildman–Crippen MR) is 85.4 cm³/mol. The minimum Gasteiger partial charge on any atom is -0.273 e. The summed E-state index contributed by atoms with van der Waals surface area (Å²) in [7, 11) is 3.81. The number of nitrogens with zero attached hydrogens (tertiary/aromatic N) is 2. The first kappa shape index (κ1) is 15.3. The summed E-state index contributed by atoms with van der Waals surface area (Å²) in [6.07, 6.45) is 1.30. The Bertz CT molecular complexity index is 552. The van der Waals surface area contributed by atoms with E-state index in [9.17, 15) is 4.79 Å². The van der Waals surface area contributed by atoms with Gasteiger partial charge in [-0.05, 0) is 17.5 Å². The molecule has 0 atom stereocenters. The average Bonchev–Trinajstić information content (AvgIpc) is 2.52. The average molecular weight is 282 g/mol. The smallest absolute Gasteiger partial charge is 0.237 e. The molecule has 0 aliphatic rings. The van der Waals surface area contributed by atoms with Crippen LogP contribution in [0.2, 0.25) is 0 Å². The molecular formula is C18H22N2O. The van der Waals surface area contributed by atoms with Crippen molar-refractivity contribution in [3.63, 3.8) is 0 Å². The molecule has 0 aliphatic carbocycles. The lowest BCUT2D eigenvalue weighted by Crippen LogP contribution is -2.41. The fraction of sp³-hybridized carbons (Fsp3) is 0.278. The topological polar surface area (TPSA) is 23.6 Å². The van der Waals surface area contributed by atoms with Gasteiger partial charge in [-0.2, -0.15) is 0 Å². The first-order valence-corrected chi connectivity index (χ1v) is 7.22. The third kappa shape index (κ3) is 4.72. The van der Waals surface area contributed by atoms with Crippen molar-refractivity contribution in [2.75, 3.05) is 14.1 Å². The fourth-order valence-electron chi connectivity index (χ4n) is 2.23. The van der Waals surface area contributed by atoms with Crippen LogP contribution in [0.1, 0.15) is 17.5 Å². The van der Waals surface area contributed by atoms with Gasteiger partial charge in [-0.25, -0.2) is 5.01 Å². The molecule has 21 heavy (non-hydrogen) atoms. The zero-order chi connectivity index (χ0) is 15.1. The summed E-state index contributed by atoms with van der Waals surface area (Å²) in [5, 5.41) is 3.65. The van der Waals surface area contributed by atoms with Crippen LogP contribution in [0.25, 0.3) is 0 Å². The fourth-order valence-corrected chi connectivity index (χ4v) is 2.23. The van der Waals surface area contributed by atoms with Crippen molar-refractivity contribution in [1.29, 1.82) is 0 Å². The lowest BCUT2D eigenvalue weighted by Gasteiger charge is -2.29. The number of amides is 1. The van der Waals surface area contributed by atoms with E-state index in [1.54, 1.807) is 5.01 Å². The molecule has 0 heterocycles. The maximum Gasteiger partial charge on any atom is 0.237 e. The second kappa shape index (κ2) is 7.60. The summed E-state index contributed by atoms with van der Waals surface area (Å²) >= 11 is 0. The lowest BCUT2D eigenvalue weighted by molar-refractivity contribution is -0.146. The minimum atomic E-state index is 0.146. The van der Waals surface area contributed by atoms with E-state index in [1.165, 1.54) is 5.56 Å². The molecule has 0 aromatic heterocycles. The Hall–Kier alpha value is -2.13. The van der Waals surface area contributed by atoms with Crippen LogP contribution in [-0.4, -0.2) is 30.0 Å². The molecule has 1 amide bonds. The predicted octanol–water partition coefficient (Wildman–Crippen LogP) is 3.12. The normalized spacial score (nSPS) is 10.6. The quantitative estimate of drug-likeness (QED) is 0.760. The Morgan fingerprint density at radius 3 is 1.90 bits per heavy atom. The molecule has 110 valence electrons. The van der Waals surface area contributed by atoms with E-state index < -0.39 is 0 Å². The van der Waals surface area contributed by atoms with E-state index in [0.717, 1.165) is 12.0 Å². The van der Waals surface area contributed by atoms with Crippen LogP contribution in [-0.2, 0) is 17.8 Å². The highest BCUT2D eigenvalue weighted by atomic mass is 16.2. The van der Waals surface area contributed by atoms with E-state index in [4.69, 9.17) is 0 Å². The molecule has 0 saturated carbocycles. The van der Waals surface area contributed by atoms with Gasteiger partial charge in [0.1, 0.15) is 0 Å². The standard InChI is InChI=1S/C18H22N2O/c1-19(2)20(15-17-11-7-4-8-12-17)18(21)14-13-16-9-5-3-6-10-16/h3-12H,13-15H2,1-2H3. The van der Waals surface area contributed by atoms with Crippen molar-refractivity contribution in [1.82, 2.24) is 10.0 Å². The van der Waals surface area contributed by atoms with Crippen LogP contribution in [0.5, 0.6) is 0 Å². The number of carbonyl (C=O) groups excluding carboxylic acids is 1. The van der Waals surface area contributed by atoms with Crippen LogP contribution in [0.4, 0.5) is 0 Å². The van der Waals surface area contributed by atoms with Gasteiger partial charge in [0.25, 0.3) is 0 Å². The van der Waals surface area contributed by atoms with Gasteiger partial charge in [-0.1, -0.05) is 60.7 Å². The van der Waals surface area contributed by atoms with Gasteiger partial charge in [0.2, 0.25) is 5.91 Å². The maximum atomic E-state index is 12.4. The number of hydrazine groups is 1. The summed E-state index contributed by atoms with van der Waals surface area (Å²) in [5.41, 5.74) is 2.34. The van der Waals surface area contributed by atoms with Crippen molar-refractivity contribution >= 4 is 5.91 Å². The van der Waals surface area contributed by atoms with Crippen LogP contribution < -0.4 is 0 Å². The molecule has 0 N–H and O–H groups in total. The minimum absolute atomic E-state index is 0.146. The lowest BCUT2D eigenvalue weighted by atomic mass is 10.1. The molecule has 2 rings (SSSR count). The second-order valence-corrected chi connectivity index (χ2v) is 5.27. The van der Waals surface area contributed by atoms with Gasteiger partial charge in [0.15, 0.2) is 0 Å². The molecule has 2 aromatic carbocycles. The molecule has 0 fully saturated rings. The number of carbonyl (C=O) groups is 1. The van der Waals surface area contributed by atoms with Crippen LogP contribution in [0.3, 0.4) is 0 Å². The molecule has 0 spiro atoms. The van der Waals surface area contributed by atoms with Crippen molar-refractivity contribution in [2.24, 2.45) is 0 Å². The Morgan fingerprint density at radius 2 is 1.38 bits per heavy atom. The Morgan fingerprint density at radius 1 is 0.857 bits per heavy atom. The number of benzene rings is 2. The Labute approximate surface area is 126 Å². The summed E-state index contributed by atoms with van der Waals surface area (Å²) in [4.78, 5) is 12.4. The molecule has 3 heteroatoms. The van der Waals surface area contributed by atoms with E-state index in [2.05, 4.69) is 12.1 Å². The Balaban J connectivity index is 1.96. The molecule has 0 radical (unpaired) electrons. The van der Waals surface area contributed by atoms with Gasteiger partial charge in [-0.3, -0.25) is 9.80 Å². The second-order valence-electron chi connectivity index (χ2n) is 5.27. The number of hydrogen-bond donors (Lipinski definition) is 0. The van der Waals surface area contributed by atoms with Crippen molar-refractivity contribution in [3.8, 4) is 0 Å². The monoisotopic (exact) mass is 282 g/mol. The molecule has 0 unspecified atom stereocenters. The Kier molecular flexibility index (Phi) is 5.52. The van der Waals surface area contributed by atoms with Gasteiger partial charge in [0.05, 0.1) is 6.54 Å². The van der Waals surface area contributed by atoms with Gasteiger partial charge in [0, 0.05) is 20.5 Å². The number of rotatable bonds is 6. The highest BCUT2D eigenvalue weighted by molar-refractivity contribution is 5.76.